The molecular weight excluding hydrogens is 242 g/mol. The van der Waals surface area contributed by atoms with E-state index in [4.69, 9.17) is 11.6 Å². The molecule has 0 aliphatic rings. The summed E-state index contributed by atoms with van der Waals surface area (Å²) in [5.41, 5.74) is 0.499. The Morgan fingerprint density at radius 2 is 2.19 bits per heavy atom. The van der Waals surface area contributed by atoms with E-state index in [-0.39, 0.29) is 0 Å². The van der Waals surface area contributed by atoms with Gasteiger partial charge in [-0.05, 0) is 26.3 Å². The standard InChI is InChI=1S/C12H18ClNOS/c1-5-6-7-11(10(2)13)8-16-14-12(3,4)9-15/h5-7,9,14H,1,8H2,2-4H3/b7-6-,11-10-. The number of halogens is 1. The van der Waals surface area contributed by atoms with E-state index >= 15 is 0 Å². The number of hydrogen-bond acceptors (Lipinski definition) is 3. The van der Waals surface area contributed by atoms with Gasteiger partial charge in [0.15, 0.2) is 0 Å². The zero-order valence-corrected chi connectivity index (χ0v) is 11.5. The van der Waals surface area contributed by atoms with Crippen molar-refractivity contribution < 1.29 is 4.79 Å². The van der Waals surface area contributed by atoms with Gasteiger partial charge in [0.25, 0.3) is 0 Å². The van der Waals surface area contributed by atoms with Crippen LogP contribution in [0.25, 0.3) is 0 Å². The molecular formula is C12H18ClNOS. The SMILES string of the molecule is C=C/C=C\C(CSNC(C)(C)C=O)=C(/C)Cl. The molecule has 0 aromatic carbocycles. The van der Waals surface area contributed by atoms with E-state index in [2.05, 4.69) is 11.3 Å². The Hall–Kier alpha value is -0.510. The number of aldehydes is 1. The van der Waals surface area contributed by atoms with Crippen molar-refractivity contribution in [3.63, 3.8) is 0 Å². The minimum absolute atomic E-state index is 0.516. The van der Waals surface area contributed by atoms with Crippen LogP contribution in [0.15, 0.2) is 35.4 Å². The molecule has 0 aromatic rings. The third kappa shape index (κ3) is 6.88. The van der Waals surface area contributed by atoms with Gasteiger partial charge in [0, 0.05) is 10.8 Å². The maximum absolute atomic E-state index is 10.7. The largest absolute Gasteiger partial charge is 0.301 e. The Kier molecular flexibility index (Phi) is 7.47. The van der Waals surface area contributed by atoms with E-state index in [1.54, 1.807) is 6.08 Å². The average molecular weight is 260 g/mol. The highest BCUT2D eigenvalue weighted by Crippen LogP contribution is 2.16. The van der Waals surface area contributed by atoms with Crippen LogP contribution in [0.4, 0.5) is 0 Å². The molecule has 0 heterocycles. The van der Waals surface area contributed by atoms with Crippen molar-refractivity contribution >= 4 is 29.8 Å². The Bertz CT molecular complexity index is 304. The molecule has 0 amide bonds. The van der Waals surface area contributed by atoms with Crippen LogP contribution in [0.1, 0.15) is 20.8 Å². The first-order valence-corrected chi connectivity index (χ1v) is 6.29. The second-order valence-electron chi connectivity index (χ2n) is 3.88. The monoisotopic (exact) mass is 259 g/mol. The van der Waals surface area contributed by atoms with Crippen LogP contribution in [0, 0.1) is 0 Å². The number of rotatable bonds is 7. The van der Waals surface area contributed by atoms with Crippen LogP contribution in [0.5, 0.6) is 0 Å². The van der Waals surface area contributed by atoms with Gasteiger partial charge in [0.2, 0.25) is 0 Å². The lowest BCUT2D eigenvalue weighted by Gasteiger charge is -2.18. The maximum atomic E-state index is 10.7. The van der Waals surface area contributed by atoms with E-state index in [1.807, 2.05) is 32.9 Å². The summed E-state index contributed by atoms with van der Waals surface area (Å²) in [6.07, 6.45) is 6.34. The highest BCUT2D eigenvalue weighted by molar-refractivity contribution is 7.97. The van der Waals surface area contributed by atoms with Gasteiger partial charge in [-0.1, -0.05) is 48.4 Å². The summed E-state index contributed by atoms with van der Waals surface area (Å²) in [5, 5.41) is 0.747. The second kappa shape index (κ2) is 7.71. The molecule has 0 aromatic heterocycles. The number of allylic oxidation sites excluding steroid dienone is 4. The molecule has 0 radical (unpaired) electrons. The molecule has 0 atom stereocenters. The van der Waals surface area contributed by atoms with E-state index in [1.165, 1.54) is 11.9 Å². The normalized spacial score (nSPS) is 13.8. The van der Waals surface area contributed by atoms with Crippen molar-refractivity contribution in [2.75, 3.05) is 5.75 Å². The molecule has 4 heteroatoms. The van der Waals surface area contributed by atoms with Crippen molar-refractivity contribution in [3.05, 3.63) is 35.4 Å². The molecule has 0 rings (SSSR count). The van der Waals surface area contributed by atoms with Crippen molar-refractivity contribution in [1.29, 1.82) is 0 Å². The topological polar surface area (TPSA) is 29.1 Å². The fourth-order valence-electron chi connectivity index (χ4n) is 0.770. The summed E-state index contributed by atoms with van der Waals surface area (Å²) in [5.74, 6) is 0.705. The summed E-state index contributed by atoms with van der Waals surface area (Å²) in [4.78, 5) is 10.7. The van der Waals surface area contributed by atoms with E-state index in [9.17, 15) is 4.79 Å². The van der Waals surface area contributed by atoms with Gasteiger partial charge in [-0.15, -0.1) is 0 Å². The Morgan fingerprint density at radius 3 is 2.62 bits per heavy atom. The highest BCUT2D eigenvalue weighted by atomic mass is 35.5. The van der Waals surface area contributed by atoms with Gasteiger partial charge in [0.05, 0.1) is 5.54 Å². The summed E-state index contributed by atoms with van der Waals surface area (Å²) in [7, 11) is 0. The van der Waals surface area contributed by atoms with Crippen LogP contribution >= 0.6 is 23.5 Å². The van der Waals surface area contributed by atoms with Crippen LogP contribution < -0.4 is 4.72 Å². The first-order chi connectivity index (χ1) is 7.43. The molecule has 0 unspecified atom stereocenters. The summed E-state index contributed by atoms with van der Waals surface area (Å²) >= 11 is 7.41. The van der Waals surface area contributed by atoms with Crippen molar-refractivity contribution in [2.24, 2.45) is 0 Å². The molecule has 0 aliphatic heterocycles. The molecule has 0 aliphatic carbocycles. The van der Waals surface area contributed by atoms with Gasteiger partial charge in [-0.3, -0.25) is 4.72 Å². The molecule has 0 bridgehead atoms. The zero-order valence-electron chi connectivity index (χ0n) is 9.92. The van der Waals surface area contributed by atoms with Gasteiger partial charge in [0.1, 0.15) is 6.29 Å². The highest BCUT2D eigenvalue weighted by Gasteiger charge is 2.15. The predicted molar refractivity (Wildman–Crippen MR) is 73.6 cm³/mol. The van der Waals surface area contributed by atoms with Crippen LogP contribution in [-0.2, 0) is 4.79 Å². The summed E-state index contributed by atoms with van der Waals surface area (Å²) in [6.45, 7) is 9.09. The van der Waals surface area contributed by atoms with Crippen LogP contribution in [0.3, 0.4) is 0 Å². The third-order valence-electron chi connectivity index (χ3n) is 1.73. The molecule has 16 heavy (non-hydrogen) atoms. The lowest BCUT2D eigenvalue weighted by Crippen LogP contribution is -2.36. The lowest BCUT2D eigenvalue weighted by molar-refractivity contribution is -0.111. The van der Waals surface area contributed by atoms with Gasteiger partial charge in [-0.25, -0.2) is 0 Å². The van der Waals surface area contributed by atoms with Gasteiger partial charge < -0.3 is 4.79 Å². The molecule has 0 fully saturated rings. The van der Waals surface area contributed by atoms with E-state index in [0.717, 1.165) is 16.9 Å². The fourth-order valence-corrected chi connectivity index (χ4v) is 1.94. The van der Waals surface area contributed by atoms with Gasteiger partial charge >= 0.3 is 0 Å². The van der Waals surface area contributed by atoms with E-state index in [0.29, 0.717) is 5.75 Å². The van der Waals surface area contributed by atoms with Crippen molar-refractivity contribution in [3.8, 4) is 0 Å². The lowest BCUT2D eigenvalue weighted by atomic mass is 10.1. The van der Waals surface area contributed by atoms with Crippen LogP contribution in [0.2, 0.25) is 0 Å². The number of carbonyl (C=O) groups excluding carboxylic acids is 1. The van der Waals surface area contributed by atoms with Gasteiger partial charge in [-0.2, -0.15) is 0 Å². The Balaban J connectivity index is 4.26. The fraction of sp³-hybridized carbons (Fsp3) is 0.417. The molecule has 0 saturated carbocycles. The number of hydrogen-bond donors (Lipinski definition) is 1. The summed E-state index contributed by atoms with van der Waals surface area (Å²) in [6, 6.07) is 0. The predicted octanol–water partition coefficient (Wildman–Crippen LogP) is 3.46. The molecule has 90 valence electrons. The smallest absolute Gasteiger partial charge is 0.140 e. The number of carbonyl (C=O) groups is 1. The first-order valence-electron chi connectivity index (χ1n) is 4.92. The zero-order chi connectivity index (χ0) is 12.6. The quantitative estimate of drug-likeness (QED) is 0.431. The minimum atomic E-state index is -0.516. The molecule has 2 nitrogen and oxygen atoms in total. The Morgan fingerprint density at radius 1 is 1.56 bits per heavy atom. The maximum Gasteiger partial charge on any atom is 0.140 e. The second-order valence-corrected chi connectivity index (χ2v) is 5.23. The van der Waals surface area contributed by atoms with Crippen molar-refractivity contribution in [1.82, 2.24) is 4.72 Å². The minimum Gasteiger partial charge on any atom is -0.301 e. The van der Waals surface area contributed by atoms with Crippen molar-refractivity contribution in [2.45, 2.75) is 26.3 Å². The molecule has 0 spiro atoms. The summed E-state index contributed by atoms with van der Waals surface area (Å²) < 4.78 is 3.07. The third-order valence-corrected chi connectivity index (χ3v) is 3.10. The average Bonchev–Trinajstić information content (AvgIpc) is 2.22. The molecule has 1 N–H and O–H groups in total. The van der Waals surface area contributed by atoms with E-state index < -0.39 is 5.54 Å². The Labute approximate surface area is 107 Å². The number of nitrogens with one attached hydrogen (secondary N) is 1. The van der Waals surface area contributed by atoms with Crippen LogP contribution in [-0.4, -0.2) is 17.6 Å². The molecule has 0 saturated heterocycles. The first kappa shape index (κ1) is 15.5.